The van der Waals surface area contributed by atoms with Crippen molar-refractivity contribution in [2.24, 2.45) is 5.92 Å². The average Bonchev–Trinajstić information content (AvgIpc) is 3.13. The van der Waals surface area contributed by atoms with E-state index >= 15 is 0 Å². The molecule has 2 aliphatic rings. The van der Waals surface area contributed by atoms with E-state index < -0.39 is 0 Å². The third-order valence-corrected chi connectivity index (χ3v) is 4.95. The second-order valence-corrected chi connectivity index (χ2v) is 6.79. The van der Waals surface area contributed by atoms with E-state index in [1.807, 2.05) is 24.5 Å². The Balaban J connectivity index is 1.45. The molecule has 1 saturated carbocycles. The Bertz CT molecular complexity index is 595. The molecule has 4 heteroatoms. The fourth-order valence-electron chi connectivity index (χ4n) is 3.44. The lowest BCUT2D eigenvalue weighted by atomic mass is 10.0. The summed E-state index contributed by atoms with van der Waals surface area (Å²) in [4.78, 5) is 6.76. The predicted octanol–water partition coefficient (Wildman–Crippen LogP) is 3.29. The minimum Gasteiger partial charge on any atom is -0.468 e. The van der Waals surface area contributed by atoms with Crippen LogP contribution in [0.15, 0.2) is 47.3 Å². The van der Waals surface area contributed by atoms with Crippen molar-refractivity contribution < 1.29 is 9.15 Å². The number of hydrogen-bond donors (Lipinski definition) is 0. The Morgan fingerprint density at radius 3 is 2.91 bits per heavy atom. The van der Waals surface area contributed by atoms with Crippen molar-refractivity contribution in [1.29, 1.82) is 0 Å². The first-order valence-electron chi connectivity index (χ1n) is 8.65. The minimum atomic E-state index is 0.325. The first kappa shape index (κ1) is 14.9. The number of hydrogen-bond acceptors (Lipinski definition) is 4. The molecule has 0 spiro atoms. The molecule has 2 aromatic heterocycles. The van der Waals surface area contributed by atoms with Crippen molar-refractivity contribution in [2.75, 3.05) is 13.2 Å². The number of aromatic nitrogens is 1. The second kappa shape index (κ2) is 6.85. The van der Waals surface area contributed by atoms with Crippen LogP contribution in [0.4, 0.5) is 0 Å². The summed E-state index contributed by atoms with van der Waals surface area (Å²) in [5.41, 5.74) is 1.28. The number of furan rings is 1. The predicted molar refractivity (Wildman–Crippen MR) is 87.9 cm³/mol. The van der Waals surface area contributed by atoms with Crippen LogP contribution in [0.25, 0.3) is 0 Å². The van der Waals surface area contributed by atoms with Crippen molar-refractivity contribution in [3.63, 3.8) is 0 Å². The molecule has 0 unspecified atom stereocenters. The monoisotopic (exact) mass is 312 g/mol. The van der Waals surface area contributed by atoms with Crippen LogP contribution in [0, 0.1) is 5.92 Å². The van der Waals surface area contributed by atoms with E-state index in [-0.39, 0.29) is 0 Å². The van der Waals surface area contributed by atoms with Crippen LogP contribution in [0.5, 0.6) is 0 Å². The lowest BCUT2D eigenvalue weighted by molar-refractivity contribution is 0.0187. The number of nitrogens with zero attached hydrogens (tertiary/aromatic N) is 2. The first-order chi connectivity index (χ1) is 11.4. The highest BCUT2D eigenvalue weighted by atomic mass is 16.5. The molecule has 0 N–H and O–H groups in total. The van der Waals surface area contributed by atoms with Gasteiger partial charge in [0.1, 0.15) is 5.76 Å². The van der Waals surface area contributed by atoms with Gasteiger partial charge in [0.15, 0.2) is 0 Å². The normalized spacial score (nSPS) is 25.0. The molecule has 122 valence electrons. The van der Waals surface area contributed by atoms with Gasteiger partial charge in [-0.2, -0.15) is 0 Å². The topological polar surface area (TPSA) is 38.5 Å². The van der Waals surface area contributed by atoms with Crippen LogP contribution >= 0.6 is 0 Å². The third kappa shape index (κ3) is 3.82. The summed E-state index contributed by atoms with van der Waals surface area (Å²) in [6, 6.07) is 8.60. The highest BCUT2D eigenvalue weighted by Gasteiger charge is 2.36. The fourth-order valence-corrected chi connectivity index (χ4v) is 3.44. The Kier molecular flexibility index (Phi) is 4.44. The van der Waals surface area contributed by atoms with Gasteiger partial charge in [-0.3, -0.25) is 9.88 Å². The molecular weight excluding hydrogens is 288 g/mol. The van der Waals surface area contributed by atoms with Crippen LogP contribution in [-0.2, 0) is 17.7 Å². The van der Waals surface area contributed by atoms with Crippen molar-refractivity contribution in [3.05, 3.63) is 54.2 Å². The number of pyridine rings is 1. The Hall–Kier alpha value is -1.65. The summed E-state index contributed by atoms with van der Waals surface area (Å²) in [6.45, 7) is 2.87. The molecule has 2 aromatic rings. The molecule has 0 radical (unpaired) electrons. The Morgan fingerprint density at radius 2 is 2.17 bits per heavy atom. The lowest BCUT2D eigenvalue weighted by Crippen LogP contribution is -2.38. The van der Waals surface area contributed by atoms with Crippen molar-refractivity contribution in [1.82, 2.24) is 9.88 Å². The molecule has 23 heavy (non-hydrogen) atoms. The Morgan fingerprint density at radius 1 is 1.22 bits per heavy atom. The average molecular weight is 312 g/mol. The van der Waals surface area contributed by atoms with Gasteiger partial charge in [-0.25, -0.2) is 0 Å². The van der Waals surface area contributed by atoms with E-state index in [0.717, 1.165) is 44.2 Å². The molecule has 2 atom stereocenters. The van der Waals surface area contributed by atoms with Gasteiger partial charge in [-0.1, -0.05) is 6.07 Å². The zero-order valence-corrected chi connectivity index (χ0v) is 13.4. The number of likely N-dealkylation sites (tertiary alicyclic amines) is 1. The van der Waals surface area contributed by atoms with Gasteiger partial charge in [-0.15, -0.1) is 0 Å². The maximum absolute atomic E-state index is 6.27. The summed E-state index contributed by atoms with van der Waals surface area (Å²) in [5, 5.41) is 0. The highest BCUT2D eigenvalue weighted by Crippen LogP contribution is 2.32. The summed E-state index contributed by atoms with van der Waals surface area (Å²) in [5.74, 6) is 1.84. The molecule has 4 rings (SSSR count). The summed E-state index contributed by atoms with van der Waals surface area (Å²) in [6.07, 6.45) is 10.7. The van der Waals surface area contributed by atoms with Gasteiger partial charge in [-0.05, 0) is 55.4 Å². The number of ether oxygens (including phenoxy) is 1. The van der Waals surface area contributed by atoms with E-state index in [4.69, 9.17) is 9.15 Å². The maximum Gasteiger partial charge on any atom is 0.117 e. The van der Waals surface area contributed by atoms with Gasteiger partial charge in [0.2, 0.25) is 0 Å². The summed E-state index contributed by atoms with van der Waals surface area (Å²) >= 11 is 0. The van der Waals surface area contributed by atoms with Gasteiger partial charge in [0, 0.05) is 31.6 Å². The molecule has 2 fully saturated rings. The standard InChI is InChI=1S/C19H24N2O2/c1-3-16(12-20-8-1)11-18-19(23-14-15-5-6-15)7-9-21(18)13-17-4-2-10-22-17/h1-4,8,10,12,15,18-19H,5-7,9,11,13-14H2/t18-,19-/m1/s1. The molecule has 0 aromatic carbocycles. The van der Waals surface area contributed by atoms with Gasteiger partial charge in [0.25, 0.3) is 0 Å². The lowest BCUT2D eigenvalue weighted by Gasteiger charge is -2.27. The van der Waals surface area contributed by atoms with Crippen molar-refractivity contribution in [2.45, 2.75) is 44.4 Å². The molecule has 1 aliphatic carbocycles. The largest absolute Gasteiger partial charge is 0.468 e. The fraction of sp³-hybridized carbons (Fsp3) is 0.526. The molecule has 0 bridgehead atoms. The van der Waals surface area contributed by atoms with Crippen LogP contribution in [0.3, 0.4) is 0 Å². The van der Waals surface area contributed by atoms with Crippen LogP contribution < -0.4 is 0 Å². The SMILES string of the molecule is c1cncc(C[C@@H]2[C@H](OCC3CC3)CCN2Cc2ccco2)c1. The van der Waals surface area contributed by atoms with E-state index in [2.05, 4.69) is 22.0 Å². The van der Waals surface area contributed by atoms with E-state index in [1.165, 1.54) is 18.4 Å². The highest BCUT2D eigenvalue weighted by molar-refractivity contribution is 5.12. The summed E-state index contributed by atoms with van der Waals surface area (Å²) < 4.78 is 11.8. The van der Waals surface area contributed by atoms with E-state index in [0.29, 0.717) is 12.1 Å². The van der Waals surface area contributed by atoms with Crippen molar-refractivity contribution in [3.8, 4) is 0 Å². The van der Waals surface area contributed by atoms with E-state index in [9.17, 15) is 0 Å². The number of rotatable bonds is 7. The Labute approximate surface area is 137 Å². The molecule has 4 nitrogen and oxygen atoms in total. The quantitative estimate of drug-likeness (QED) is 0.786. The first-order valence-corrected chi connectivity index (χ1v) is 8.65. The zero-order chi connectivity index (χ0) is 15.5. The van der Waals surface area contributed by atoms with Gasteiger partial charge >= 0.3 is 0 Å². The van der Waals surface area contributed by atoms with Gasteiger partial charge < -0.3 is 9.15 Å². The minimum absolute atomic E-state index is 0.325. The molecule has 1 aliphatic heterocycles. The maximum atomic E-state index is 6.27. The smallest absolute Gasteiger partial charge is 0.117 e. The second-order valence-electron chi connectivity index (χ2n) is 6.79. The molecular formula is C19H24N2O2. The summed E-state index contributed by atoms with van der Waals surface area (Å²) in [7, 11) is 0. The van der Waals surface area contributed by atoms with E-state index in [1.54, 1.807) is 6.26 Å². The molecule has 1 saturated heterocycles. The van der Waals surface area contributed by atoms with Crippen LogP contribution in [-0.4, -0.2) is 35.2 Å². The van der Waals surface area contributed by atoms with Crippen molar-refractivity contribution >= 4 is 0 Å². The molecule has 3 heterocycles. The molecule has 0 amide bonds. The third-order valence-electron chi connectivity index (χ3n) is 4.95. The van der Waals surface area contributed by atoms with Gasteiger partial charge in [0.05, 0.1) is 18.9 Å². The van der Waals surface area contributed by atoms with Crippen LogP contribution in [0.2, 0.25) is 0 Å². The zero-order valence-electron chi connectivity index (χ0n) is 13.4. The van der Waals surface area contributed by atoms with Crippen LogP contribution in [0.1, 0.15) is 30.6 Å².